The summed E-state index contributed by atoms with van der Waals surface area (Å²) in [5.41, 5.74) is 1.98. The molecule has 2 atom stereocenters. The van der Waals surface area contributed by atoms with E-state index in [9.17, 15) is 9.59 Å². The molecule has 2 aliphatic rings. The van der Waals surface area contributed by atoms with Gasteiger partial charge in [-0.2, -0.15) is 0 Å². The minimum absolute atomic E-state index is 0.00876. The van der Waals surface area contributed by atoms with E-state index in [-0.39, 0.29) is 28.6 Å². The molecule has 0 bridgehead atoms. The fraction of sp³-hybridized carbons (Fsp3) is 0.556. The van der Waals surface area contributed by atoms with Gasteiger partial charge in [-0.1, -0.05) is 50.1 Å². The zero-order valence-electron chi connectivity index (χ0n) is 13.0. The Balaban J connectivity index is 2.14. The highest BCUT2D eigenvalue weighted by Crippen LogP contribution is 2.62. The second-order valence-corrected chi connectivity index (χ2v) is 7.33. The van der Waals surface area contributed by atoms with Crippen molar-refractivity contribution in [3.63, 3.8) is 0 Å². The van der Waals surface area contributed by atoms with Crippen molar-refractivity contribution in [2.75, 3.05) is 0 Å². The summed E-state index contributed by atoms with van der Waals surface area (Å²) >= 11 is 0. The van der Waals surface area contributed by atoms with Gasteiger partial charge in [-0.3, -0.25) is 14.9 Å². The Morgan fingerprint density at radius 3 is 2.57 bits per heavy atom. The Hall–Kier alpha value is -1.64. The standard InChI is InChI=1S/C18H23NO2/c1-12-6-4-7-13(10-12)15-16(21)19-14(20)11-18(15)9-5-8-17(18,2)3/h4,6-7,10,15H,5,8-9,11H2,1-3H3,(H,19,20,21). The second-order valence-electron chi connectivity index (χ2n) is 7.33. The van der Waals surface area contributed by atoms with Crippen LogP contribution in [0.4, 0.5) is 0 Å². The first kappa shape index (κ1) is 14.3. The topological polar surface area (TPSA) is 46.2 Å². The van der Waals surface area contributed by atoms with Crippen LogP contribution in [0.25, 0.3) is 0 Å². The first-order chi connectivity index (χ1) is 9.86. The molecule has 3 rings (SSSR count). The smallest absolute Gasteiger partial charge is 0.234 e. The number of imide groups is 1. The molecule has 3 heteroatoms. The molecule has 1 aromatic rings. The van der Waals surface area contributed by atoms with Gasteiger partial charge in [0.1, 0.15) is 0 Å². The first-order valence-corrected chi connectivity index (χ1v) is 7.76. The number of benzene rings is 1. The van der Waals surface area contributed by atoms with Crippen molar-refractivity contribution in [1.82, 2.24) is 5.32 Å². The molecule has 1 spiro atoms. The molecular weight excluding hydrogens is 262 g/mol. The molecule has 1 saturated carbocycles. The maximum Gasteiger partial charge on any atom is 0.234 e. The molecule has 1 aliphatic heterocycles. The summed E-state index contributed by atoms with van der Waals surface area (Å²) < 4.78 is 0. The SMILES string of the molecule is Cc1cccc(C2C(=O)NC(=O)CC23CCCC3(C)C)c1. The molecule has 21 heavy (non-hydrogen) atoms. The summed E-state index contributed by atoms with van der Waals surface area (Å²) in [4.78, 5) is 24.7. The molecule has 0 aromatic heterocycles. The van der Waals surface area contributed by atoms with Gasteiger partial charge in [-0.05, 0) is 36.2 Å². The predicted molar refractivity (Wildman–Crippen MR) is 81.8 cm³/mol. The van der Waals surface area contributed by atoms with E-state index in [1.807, 2.05) is 25.1 Å². The highest BCUT2D eigenvalue weighted by atomic mass is 16.2. The third kappa shape index (κ3) is 2.10. The van der Waals surface area contributed by atoms with Crippen molar-refractivity contribution in [1.29, 1.82) is 0 Å². The van der Waals surface area contributed by atoms with Crippen LogP contribution in [-0.2, 0) is 9.59 Å². The lowest BCUT2D eigenvalue weighted by atomic mass is 9.56. The van der Waals surface area contributed by atoms with Gasteiger partial charge in [0.05, 0.1) is 5.92 Å². The minimum atomic E-state index is -0.236. The first-order valence-electron chi connectivity index (χ1n) is 7.76. The lowest BCUT2D eigenvalue weighted by Crippen LogP contribution is -2.54. The number of carbonyl (C=O) groups is 2. The lowest BCUT2D eigenvalue weighted by molar-refractivity contribution is -0.144. The number of amides is 2. The van der Waals surface area contributed by atoms with Gasteiger partial charge < -0.3 is 0 Å². The van der Waals surface area contributed by atoms with Crippen LogP contribution in [0.2, 0.25) is 0 Å². The molecule has 1 aliphatic carbocycles. The van der Waals surface area contributed by atoms with Crippen LogP contribution < -0.4 is 5.32 Å². The van der Waals surface area contributed by atoms with Crippen molar-refractivity contribution in [2.24, 2.45) is 10.8 Å². The molecule has 2 fully saturated rings. The zero-order valence-corrected chi connectivity index (χ0v) is 13.0. The van der Waals surface area contributed by atoms with Gasteiger partial charge in [0.2, 0.25) is 11.8 Å². The van der Waals surface area contributed by atoms with E-state index in [2.05, 4.69) is 25.2 Å². The lowest BCUT2D eigenvalue weighted by Gasteiger charge is -2.49. The van der Waals surface area contributed by atoms with Crippen molar-refractivity contribution < 1.29 is 9.59 Å². The van der Waals surface area contributed by atoms with Gasteiger partial charge in [-0.15, -0.1) is 0 Å². The van der Waals surface area contributed by atoms with Gasteiger partial charge in [0.25, 0.3) is 0 Å². The van der Waals surface area contributed by atoms with E-state index in [1.165, 1.54) is 0 Å². The fourth-order valence-corrected chi connectivity index (χ4v) is 4.51. The number of carbonyl (C=O) groups excluding carboxylic acids is 2. The highest BCUT2D eigenvalue weighted by Gasteiger charge is 2.59. The molecule has 0 radical (unpaired) electrons. The maximum absolute atomic E-state index is 12.6. The van der Waals surface area contributed by atoms with Gasteiger partial charge in [-0.25, -0.2) is 0 Å². The third-order valence-electron chi connectivity index (χ3n) is 5.70. The highest BCUT2D eigenvalue weighted by molar-refractivity contribution is 6.02. The maximum atomic E-state index is 12.6. The van der Waals surface area contributed by atoms with Gasteiger partial charge in [0, 0.05) is 6.42 Å². The van der Waals surface area contributed by atoms with E-state index >= 15 is 0 Å². The molecule has 3 nitrogen and oxygen atoms in total. The molecule has 1 saturated heterocycles. The Bertz CT molecular complexity index is 605. The van der Waals surface area contributed by atoms with Crippen LogP contribution in [0.1, 0.15) is 56.6 Å². The van der Waals surface area contributed by atoms with Crippen molar-refractivity contribution in [2.45, 2.75) is 52.4 Å². The number of piperidine rings is 1. The average Bonchev–Trinajstić information content (AvgIpc) is 2.64. The Labute approximate surface area is 126 Å². The Morgan fingerprint density at radius 2 is 1.95 bits per heavy atom. The summed E-state index contributed by atoms with van der Waals surface area (Å²) in [5.74, 6) is -0.446. The normalized spacial score (nSPS) is 31.5. The number of hydrogen-bond acceptors (Lipinski definition) is 2. The average molecular weight is 285 g/mol. The quantitative estimate of drug-likeness (QED) is 0.805. The van der Waals surface area contributed by atoms with Crippen molar-refractivity contribution >= 4 is 11.8 Å². The van der Waals surface area contributed by atoms with Gasteiger partial charge in [0.15, 0.2) is 0 Å². The van der Waals surface area contributed by atoms with Crippen LogP contribution in [0, 0.1) is 17.8 Å². The summed E-state index contributed by atoms with van der Waals surface area (Å²) in [7, 11) is 0. The minimum Gasteiger partial charge on any atom is -0.296 e. The predicted octanol–water partition coefficient (Wildman–Crippen LogP) is 3.32. The summed E-state index contributed by atoms with van der Waals surface area (Å²) in [6.07, 6.45) is 3.59. The summed E-state index contributed by atoms with van der Waals surface area (Å²) in [6, 6.07) is 8.17. The third-order valence-corrected chi connectivity index (χ3v) is 5.70. The number of nitrogens with one attached hydrogen (secondary N) is 1. The van der Waals surface area contributed by atoms with E-state index in [1.54, 1.807) is 0 Å². The van der Waals surface area contributed by atoms with Crippen LogP contribution >= 0.6 is 0 Å². The van der Waals surface area contributed by atoms with Crippen molar-refractivity contribution in [3.05, 3.63) is 35.4 Å². The molecule has 2 amide bonds. The van der Waals surface area contributed by atoms with Crippen LogP contribution in [0.15, 0.2) is 24.3 Å². The van der Waals surface area contributed by atoms with E-state index in [0.717, 1.165) is 30.4 Å². The Kier molecular flexibility index (Phi) is 3.19. The number of rotatable bonds is 1. The van der Waals surface area contributed by atoms with E-state index in [4.69, 9.17) is 0 Å². The monoisotopic (exact) mass is 285 g/mol. The second kappa shape index (κ2) is 4.69. The van der Waals surface area contributed by atoms with E-state index in [0.29, 0.717) is 6.42 Å². The number of aryl methyl sites for hydroxylation is 1. The zero-order chi connectivity index (χ0) is 15.3. The molecular formula is C18H23NO2. The molecule has 1 aromatic carbocycles. The van der Waals surface area contributed by atoms with Crippen LogP contribution in [0.3, 0.4) is 0 Å². The largest absolute Gasteiger partial charge is 0.296 e. The van der Waals surface area contributed by atoms with Gasteiger partial charge >= 0.3 is 0 Å². The molecule has 112 valence electrons. The summed E-state index contributed by atoms with van der Waals surface area (Å²) in [6.45, 7) is 6.48. The van der Waals surface area contributed by atoms with Crippen LogP contribution in [0.5, 0.6) is 0 Å². The molecule has 2 unspecified atom stereocenters. The molecule has 1 N–H and O–H groups in total. The summed E-state index contributed by atoms with van der Waals surface area (Å²) in [5, 5.41) is 2.56. The number of hydrogen-bond donors (Lipinski definition) is 1. The fourth-order valence-electron chi connectivity index (χ4n) is 4.51. The Morgan fingerprint density at radius 1 is 1.19 bits per heavy atom. The molecule has 1 heterocycles. The van der Waals surface area contributed by atoms with Crippen molar-refractivity contribution in [3.8, 4) is 0 Å². The van der Waals surface area contributed by atoms with Crippen LogP contribution in [-0.4, -0.2) is 11.8 Å². The van der Waals surface area contributed by atoms with E-state index < -0.39 is 0 Å².